The van der Waals surface area contributed by atoms with Crippen molar-refractivity contribution in [3.05, 3.63) is 11.1 Å². The fourth-order valence-electron chi connectivity index (χ4n) is 6.38. The number of aliphatic hydroxyl groups is 2. The molecule has 4 unspecified atom stereocenters. The predicted octanol–water partition coefficient (Wildman–Crippen LogP) is 1.80. The van der Waals surface area contributed by atoms with Crippen LogP contribution in [0.1, 0.15) is 58.3 Å². The van der Waals surface area contributed by atoms with Crippen molar-refractivity contribution in [2.24, 2.45) is 29.4 Å². The maximum atomic E-state index is 9.49. The van der Waals surface area contributed by atoms with Crippen LogP contribution in [0.25, 0.3) is 0 Å². The Morgan fingerprint density at radius 1 is 1.04 bits per heavy atom. The van der Waals surface area contributed by atoms with Crippen molar-refractivity contribution in [1.82, 2.24) is 10.2 Å². The van der Waals surface area contributed by atoms with Gasteiger partial charge in [0.2, 0.25) is 6.41 Å². The van der Waals surface area contributed by atoms with Crippen LogP contribution in [0, 0.1) is 23.7 Å². The first-order valence-electron chi connectivity index (χ1n) is 10.8. The second-order valence-corrected chi connectivity index (χ2v) is 9.45. The van der Waals surface area contributed by atoms with Crippen LogP contribution in [0.15, 0.2) is 11.1 Å². The third-order valence-electron chi connectivity index (χ3n) is 7.70. The largest absolute Gasteiger partial charge is 0.356 e. The summed E-state index contributed by atoms with van der Waals surface area (Å²) in [6.07, 6.45) is 8.59. The van der Waals surface area contributed by atoms with Crippen molar-refractivity contribution in [2.75, 3.05) is 19.6 Å². The minimum Gasteiger partial charge on any atom is -0.356 e. The second-order valence-electron chi connectivity index (χ2n) is 9.45. The molecule has 4 aliphatic rings. The predicted molar refractivity (Wildman–Crippen MR) is 103 cm³/mol. The van der Waals surface area contributed by atoms with Crippen LogP contribution in [-0.4, -0.2) is 53.2 Å². The summed E-state index contributed by atoms with van der Waals surface area (Å²) in [5, 5.41) is 22.8. The molecule has 4 fully saturated rings. The van der Waals surface area contributed by atoms with Crippen LogP contribution in [0.4, 0.5) is 0 Å². The molecule has 0 aromatic carbocycles. The van der Waals surface area contributed by atoms with Gasteiger partial charge in [-0.1, -0.05) is 24.5 Å². The zero-order valence-electron chi connectivity index (χ0n) is 16.2. The van der Waals surface area contributed by atoms with Crippen molar-refractivity contribution >= 4 is 0 Å². The molecule has 0 spiro atoms. The Kier molecular flexibility index (Phi) is 5.72. The zero-order chi connectivity index (χ0) is 18.3. The van der Waals surface area contributed by atoms with E-state index in [0.29, 0.717) is 18.0 Å². The van der Waals surface area contributed by atoms with E-state index in [-0.39, 0.29) is 0 Å². The molecule has 4 rings (SSSR count). The number of nitrogens with two attached hydrogens (primary N) is 1. The topological polar surface area (TPSA) is 81.8 Å². The zero-order valence-corrected chi connectivity index (χ0v) is 16.2. The number of nitrogens with zero attached hydrogens (tertiary/aromatic N) is 1. The Morgan fingerprint density at radius 2 is 1.77 bits per heavy atom. The highest BCUT2D eigenvalue weighted by molar-refractivity contribution is 5.29. The monoisotopic (exact) mass is 363 g/mol. The summed E-state index contributed by atoms with van der Waals surface area (Å²) >= 11 is 0. The second kappa shape index (κ2) is 7.88. The molecule has 2 saturated carbocycles. The van der Waals surface area contributed by atoms with Crippen LogP contribution in [-0.2, 0) is 0 Å². The lowest BCUT2D eigenvalue weighted by atomic mass is 9.68. The first kappa shape index (κ1) is 18.9. The number of piperidine rings is 2. The van der Waals surface area contributed by atoms with E-state index in [1.165, 1.54) is 32.1 Å². The van der Waals surface area contributed by atoms with Crippen molar-refractivity contribution < 1.29 is 10.2 Å². The van der Waals surface area contributed by atoms with Crippen LogP contribution < -0.4 is 11.1 Å². The van der Waals surface area contributed by atoms with Gasteiger partial charge in [0.1, 0.15) is 0 Å². The van der Waals surface area contributed by atoms with Crippen molar-refractivity contribution in [2.45, 2.75) is 76.8 Å². The minimum absolute atomic E-state index is 0.299. The maximum absolute atomic E-state index is 9.49. The number of hydrogen-bond donors (Lipinski definition) is 4. The molecule has 5 heteroatoms. The Labute approximate surface area is 158 Å². The molecule has 0 aromatic heterocycles. The molecule has 2 aliphatic heterocycles. The van der Waals surface area contributed by atoms with E-state index in [2.05, 4.69) is 12.2 Å². The molecular formula is C21H37N3O2. The summed E-state index contributed by atoms with van der Waals surface area (Å²) in [6, 6.07) is 0.812. The quantitative estimate of drug-likeness (QED) is 0.422. The molecule has 2 saturated heterocycles. The third-order valence-corrected chi connectivity index (χ3v) is 7.70. The minimum atomic E-state index is -1.31. The van der Waals surface area contributed by atoms with Gasteiger partial charge in [-0.3, -0.25) is 4.90 Å². The lowest BCUT2D eigenvalue weighted by molar-refractivity contribution is -0.157. The first-order valence-corrected chi connectivity index (χ1v) is 10.8. The van der Waals surface area contributed by atoms with Gasteiger partial charge in [0.05, 0.1) is 0 Å². The highest BCUT2D eigenvalue weighted by Crippen LogP contribution is 2.48. The molecule has 2 heterocycles. The summed E-state index contributed by atoms with van der Waals surface area (Å²) in [4.78, 5) is 1.78. The van der Waals surface area contributed by atoms with Gasteiger partial charge in [-0.15, -0.1) is 0 Å². The smallest absolute Gasteiger partial charge is 0.213 e. The number of fused-ring (bicyclic) bond motifs is 2. The van der Waals surface area contributed by atoms with Gasteiger partial charge < -0.3 is 21.3 Å². The average molecular weight is 364 g/mol. The summed E-state index contributed by atoms with van der Waals surface area (Å²) in [6.45, 7) is 4.89. The van der Waals surface area contributed by atoms with Gasteiger partial charge in [0, 0.05) is 31.7 Å². The fourth-order valence-corrected chi connectivity index (χ4v) is 6.38. The molecule has 26 heavy (non-hydrogen) atoms. The number of nitrogens with one attached hydrogen (secondary N) is 1. The molecule has 6 atom stereocenters. The van der Waals surface area contributed by atoms with Gasteiger partial charge in [-0.05, 0) is 68.6 Å². The van der Waals surface area contributed by atoms with E-state index in [1.54, 1.807) is 16.0 Å². The summed E-state index contributed by atoms with van der Waals surface area (Å²) in [5.74, 6) is 3.13. The average Bonchev–Trinajstić information content (AvgIpc) is 2.78. The van der Waals surface area contributed by atoms with Crippen LogP contribution in [0.3, 0.4) is 0 Å². The van der Waals surface area contributed by atoms with Crippen molar-refractivity contribution in [1.29, 1.82) is 0 Å². The van der Waals surface area contributed by atoms with E-state index in [1.807, 2.05) is 0 Å². The van der Waals surface area contributed by atoms with E-state index in [9.17, 15) is 10.2 Å². The SMILES string of the molecule is C[C@H]1CCC2C(=C3CCN(C(O)O)CC3)[C@H]3NCC(N)CC3CCC2C1. The molecular weight excluding hydrogens is 326 g/mol. The van der Waals surface area contributed by atoms with Crippen molar-refractivity contribution in [3.63, 3.8) is 0 Å². The van der Waals surface area contributed by atoms with Gasteiger partial charge >= 0.3 is 0 Å². The third kappa shape index (κ3) is 3.74. The number of likely N-dealkylation sites (tertiary alicyclic amines) is 1. The molecule has 0 bridgehead atoms. The molecule has 0 amide bonds. The number of aliphatic hydroxyl groups excluding tert-OH is 1. The van der Waals surface area contributed by atoms with Crippen LogP contribution in [0.2, 0.25) is 0 Å². The molecule has 0 aromatic rings. The molecule has 148 valence electrons. The van der Waals surface area contributed by atoms with E-state index >= 15 is 0 Å². The lowest BCUT2D eigenvalue weighted by Crippen LogP contribution is -2.52. The van der Waals surface area contributed by atoms with Gasteiger partial charge in [-0.25, -0.2) is 0 Å². The van der Waals surface area contributed by atoms with Gasteiger partial charge in [0.25, 0.3) is 0 Å². The maximum Gasteiger partial charge on any atom is 0.213 e. The van der Waals surface area contributed by atoms with Crippen LogP contribution >= 0.6 is 0 Å². The highest BCUT2D eigenvalue weighted by Gasteiger charge is 2.43. The highest BCUT2D eigenvalue weighted by atomic mass is 16.5. The van der Waals surface area contributed by atoms with E-state index < -0.39 is 6.41 Å². The number of hydrogen-bond acceptors (Lipinski definition) is 5. The van der Waals surface area contributed by atoms with Crippen molar-refractivity contribution in [3.8, 4) is 0 Å². The normalized spacial score (nSPS) is 42.3. The Morgan fingerprint density at radius 3 is 2.50 bits per heavy atom. The molecule has 5 nitrogen and oxygen atoms in total. The molecule has 0 radical (unpaired) electrons. The number of rotatable bonds is 1. The van der Waals surface area contributed by atoms with Gasteiger partial charge in [0.15, 0.2) is 0 Å². The Bertz CT molecular complexity index is 495. The Hall–Kier alpha value is -0.460. The lowest BCUT2D eigenvalue weighted by Gasteiger charge is -2.43. The summed E-state index contributed by atoms with van der Waals surface area (Å²) < 4.78 is 0. The van der Waals surface area contributed by atoms with E-state index in [0.717, 1.165) is 56.7 Å². The molecule has 2 aliphatic carbocycles. The molecule has 5 N–H and O–H groups in total. The van der Waals surface area contributed by atoms with Crippen LogP contribution in [0.5, 0.6) is 0 Å². The summed E-state index contributed by atoms with van der Waals surface area (Å²) in [7, 11) is 0. The van der Waals surface area contributed by atoms with E-state index in [4.69, 9.17) is 5.73 Å². The first-order chi connectivity index (χ1) is 12.5. The van der Waals surface area contributed by atoms with Gasteiger partial charge in [-0.2, -0.15) is 0 Å². The summed E-state index contributed by atoms with van der Waals surface area (Å²) in [5.41, 5.74) is 9.64. The Balaban J connectivity index is 1.64. The fraction of sp³-hybridized carbons (Fsp3) is 0.905. The standard InChI is InChI=1S/C21H37N3O2/c1-13-2-5-18-15(10-13)3-4-16-11-17(22)12-23-20(16)19(18)14-6-8-24(9-7-14)21(25)26/h13,15-18,20-21,23,25-26H,2-12,22H2,1H3/t13-,15?,16?,17?,18?,20-/m0/s1.